The van der Waals surface area contributed by atoms with Crippen molar-refractivity contribution < 1.29 is 5.11 Å². The molecule has 2 aromatic rings. The Labute approximate surface area is 113 Å². The quantitative estimate of drug-likeness (QED) is 0.882. The predicted molar refractivity (Wildman–Crippen MR) is 77.0 cm³/mol. The molecule has 1 nitrogen and oxygen atoms in total. The van der Waals surface area contributed by atoms with Gasteiger partial charge in [-0.25, -0.2) is 0 Å². The lowest BCUT2D eigenvalue weighted by Gasteiger charge is -2.21. The van der Waals surface area contributed by atoms with Gasteiger partial charge in [0.1, 0.15) is 0 Å². The van der Waals surface area contributed by atoms with Gasteiger partial charge in [-0.2, -0.15) is 0 Å². The van der Waals surface area contributed by atoms with Crippen LogP contribution < -0.4 is 0 Å². The molecule has 0 atom stereocenters. The summed E-state index contributed by atoms with van der Waals surface area (Å²) in [6.45, 7) is 5.72. The van der Waals surface area contributed by atoms with E-state index in [2.05, 4.69) is 37.3 Å². The molecule has 0 aliphatic heterocycles. The average Bonchev–Trinajstić information content (AvgIpc) is 2.31. The van der Waals surface area contributed by atoms with Crippen LogP contribution in [0.3, 0.4) is 0 Å². The zero-order valence-corrected chi connectivity index (χ0v) is 11.8. The van der Waals surface area contributed by atoms with E-state index in [1.165, 1.54) is 10.5 Å². The van der Waals surface area contributed by atoms with Crippen LogP contribution in [-0.2, 0) is 5.60 Å². The van der Waals surface area contributed by atoms with Gasteiger partial charge < -0.3 is 5.11 Å². The third kappa shape index (κ3) is 3.15. The van der Waals surface area contributed by atoms with Gasteiger partial charge in [-0.15, -0.1) is 0 Å². The normalized spacial score (nSPS) is 11.6. The molecule has 0 amide bonds. The molecule has 0 spiro atoms. The fraction of sp³-hybridized carbons (Fsp3) is 0.250. The zero-order chi connectivity index (χ0) is 13.2. The van der Waals surface area contributed by atoms with Crippen LogP contribution in [0.1, 0.15) is 25.0 Å². The Hall–Kier alpha value is -1.25. The maximum Gasteiger partial charge on any atom is 0.0851 e. The summed E-state index contributed by atoms with van der Waals surface area (Å²) in [5.41, 5.74) is 1.42. The van der Waals surface area contributed by atoms with Gasteiger partial charge in [0, 0.05) is 9.79 Å². The number of rotatable bonds is 3. The smallest absolute Gasteiger partial charge is 0.0851 e. The van der Waals surface area contributed by atoms with Crippen molar-refractivity contribution in [1.82, 2.24) is 0 Å². The van der Waals surface area contributed by atoms with Crippen molar-refractivity contribution >= 4 is 11.8 Å². The van der Waals surface area contributed by atoms with Crippen LogP contribution in [-0.4, -0.2) is 5.11 Å². The zero-order valence-electron chi connectivity index (χ0n) is 11.0. The summed E-state index contributed by atoms with van der Waals surface area (Å²) in [4.78, 5) is 2.30. The van der Waals surface area contributed by atoms with E-state index in [-0.39, 0.29) is 0 Å². The average molecular weight is 258 g/mol. The molecular weight excluding hydrogens is 240 g/mol. The highest BCUT2D eigenvalue weighted by Gasteiger charge is 2.19. The van der Waals surface area contributed by atoms with E-state index in [1.807, 2.05) is 32.0 Å². The minimum absolute atomic E-state index is 0.811. The molecule has 2 aromatic carbocycles. The lowest BCUT2D eigenvalue weighted by atomic mass is 9.99. The fourth-order valence-corrected chi connectivity index (χ4v) is 2.89. The van der Waals surface area contributed by atoms with Crippen molar-refractivity contribution in [3.05, 3.63) is 59.7 Å². The van der Waals surface area contributed by atoms with Gasteiger partial charge in [0.25, 0.3) is 0 Å². The van der Waals surface area contributed by atoms with E-state index in [0.29, 0.717) is 0 Å². The van der Waals surface area contributed by atoms with Crippen molar-refractivity contribution in [3.63, 3.8) is 0 Å². The van der Waals surface area contributed by atoms with Crippen molar-refractivity contribution in [3.8, 4) is 0 Å². The molecule has 0 saturated heterocycles. The summed E-state index contributed by atoms with van der Waals surface area (Å²) in [6, 6.07) is 16.4. The summed E-state index contributed by atoms with van der Waals surface area (Å²) in [5.74, 6) is 0. The summed E-state index contributed by atoms with van der Waals surface area (Å²) < 4.78 is 0. The van der Waals surface area contributed by atoms with Gasteiger partial charge in [0.2, 0.25) is 0 Å². The van der Waals surface area contributed by atoms with E-state index < -0.39 is 5.60 Å². The third-order valence-corrected chi connectivity index (χ3v) is 3.88. The fourth-order valence-electron chi connectivity index (χ4n) is 1.79. The van der Waals surface area contributed by atoms with E-state index in [1.54, 1.807) is 11.8 Å². The first kappa shape index (κ1) is 13.2. The third-order valence-electron chi connectivity index (χ3n) is 2.79. The highest BCUT2D eigenvalue weighted by atomic mass is 32.2. The lowest BCUT2D eigenvalue weighted by Crippen LogP contribution is -2.16. The topological polar surface area (TPSA) is 20.2 Å². The molecule has 0 aliphatic rings. The maximum absolute atomic E-state index is 10.2. The molecule has 0 unspecified atom stereocenters. The molecule has 0 heterocycles. The van der Waals surface area contributed by atoms with Crippen LogP contribution in [0.15, 0.2) is 58.3 Å². The molecular formula is C16H18OS. The number of hydrogen-bond donors (Lipinski definition) is 1. The first-order valence-corrected chi connectivity index (χ1v) is 6.85. The highest BCUT2D eigenvalue weighted by Crippen LogP contribution is 2.35. The first-order chi connectivity index (χ1) is 8.47. The first-order valence-electron chi connectivity index (χ1n) is 6.03. The second kappa shape index (κ2) is 5.17. The van der Waals surface area contributed by atoms with E-state index in [9.17, 15) is 5.11 Å². The highest BCUT2D eigenvalue weighted by molar-refractivity contribution is 7.99. The maximum atomic E-state index is 10.2. The summed E-state index contributed by atoms with van der Waals surface area (Å²) in [6.07, 6.45) is 0. The Kier molecular flexibility index (Phi) is 3.79. The van der Waals surface area contributed by atoms with Crippen LogP contribution in [0, 0.1) is 6.92 Å². The Morgan fingerprint density at radius 1 is 0.944 bits per heavy atom. The standard InChI is InChI=1S/C16H18OS/c1-12-8-10-13(11-9-12)18-15-7-5-4-6-14(15)16(2,3)17/h4-11,17H,1-3H3. The molecule has 0 radical (unpaired) electrons. The Bertz CT molecular complexity index is 524. The van der Waals surface area contributed by atoms with Gasteiger partial charge in [0.15, 0.2) is 0 Å². The Morgan fingerprint density at radius 3 is 2.17 bits per heavy atom. The van der Waals surface area contributed by atoms with Crippen LogP contribution in [0.4, 0.5) is 0 Å². The number of aryl methyl sites for hydroxylation is 1. The molecule has 18 heavy (non-hydrogen) atoms. The molecule has 0 fully saturated rings. The minimum Gasteiger partial charge on any atom is -0.386 e. The van der Waals surface area contributed by atoms with Crippen LogP contribution in [0.25, 0.3) is 0 Å². The second-order valence-corrected chi connectivity index (χ2v) is 6.09. The number of aliphatic hydroxyl groups is 1. The molecule has 2 rings (SSSR count). The minimum atomic E-state index is -0.811. The monoisotopic (exact) mass is 258 g/mol. The predicted octanol–water partition coefficient (Wildman–Crippen LogP) is 4.37. The van der Waals surface area contributed by atoms with Gasteiger partial charge in [0.05, 0.1) is 5.60 Å². The van der Waals surface area contributed by atoms with Crippen molar-refractivity contribution in [2.45, 2.75) is 36.2 Å². The molecule has 94 valence electrons. The summed E-state index contributed by atoms with van der Waals surface area (Å²) >= 11 is 1.69. The van der Waals surface area contributed by atoms with Crippen LogP contribution in [0.5, 0.6) is 0 Å². The SMILES string of the molecule is Cc1ccc(Sc2ccccc2C(C)(C)O)cc1. The molecule has 0 saturated carbocycles. The van der Waals surface area contributed by atoms with Crippen molar-refractivity contribution in [1.29, 1.82) is 0 Å². The molecule has 0 aliphatic carbocycles. The number of benzene rings is 2. The van der Waals surface area contributed by atoms with Crippen LogP contribution >= 0.6 is 11.8 Å². The van der Waals surface area contributed by atoms with Gasteiger partial charge in [-0.1, -0.05) is 47.7 Å². The van der Waals surface area contributed by atoms with Gasteiger partial charge >= 0.3 is 0 Å². The van der Waals surface area contributed by atoms with E-state index in [0.717, 1.165) is 10.5 Å². The van der Waals surface area contributed by atoms with Crippen molar-refractivity contribution in [2.75, 3.05) is 0 Å². The van der Waals surface area contributed by atoms with E-state index in [4.69, 9.17) is 0 Å². The second-order valence-electron chi connectivity index (χ2n) is 4.97. The Morgan fingerprint density at radius 2 is 1.56 bits per heavy atom. The number of hydrogen-bond acceptors (Lipinski definition) is 2. The Balaban J connectivity index is 2.32. The molecule has 1 N–H and O–H groups in total. The largest absolute Gasteiger partial charge is 0.386 e. The van der Waals surface area contributed by atoms with Gasteiger partial charge in [-0.05, 0) is 44.5 Å². The van der Waals surface area contributed by atoms with E-state index >= 15 is 0 Å². The molecule has 0 aromatic heterocycles. The molecule has 0 bridgehead atoms. The lowest BCUT2D eigenvalue weighted by molar-refractivity contribution is 0.0758. The molecule has 2 heteroatoms. The summed E-state index contributed by atoms with van der Waals surface area (Å²) in [7, 11) is 0. The summed E-state index contributed by atoms with van der Waals surface area (Å²) in [5, 5.41) is 10.2. The van der Waals surface area contributed by atoms with Crippen LogP contribution in [0.2, 0.25) is 0 Å². The van der Waals surface area contributed by atoms with Crippen molar-refractivity contribution in [2.24, 2.45) is 0 Å². The van der Waals surface area contributed by atoms with Gasteiger partial charge in [-0.3, -0.25) is 0 Å².